The lowest BCUT2D eigenvalue weighted by atomic mass is 10.2. The summed E-state index contributed by atoms with van der Waals surface area (Å²) in [6.07, 6.45) is 0. The molecule has 0 saturated heterocycles. The number of nitrogens with one attached hydrogen (secondary N) is 1. The summed E-state index contributed by atoms with van der Waals surface area (Å²) in [5.41, 5.74) is 2.58. The van der Waals surface area contributed by atoms with E-state index >= 15 is 0 Å². The van der Waals surface area contributed by atoms with Crippen LogP contribution in [0, 0.1) is 13.8 Å². The molecule has 0 unspecified atom stereocenters. The maximum atomic E-state index is 12.4. The third-order valence-electron chi connectivity index (χ3n) is 4.40. The Balaban J connectivity index is 1.67. The molecule has 0 aliphatic rings. The lowest BCUT2D eigenvalue weighted by molar-refractivity contribution is -0.113. The van der Waals surface area contributed by atoms with E-state index in [0.29, 0.717) is 10.8 Å². The van der Waals surface area contributed by atoms with Gasteiger partial charge in [-0.1, -0.05) is 30.0 Å². The van der Waals surface area contributed by atoms with Gasteiger partial charge in [-0.15, -0.1) is 10.2 Å². The highest BCUT2D eigenvalue weighted by Gasteiger charge is 2.17. The number of anilines is 1. The van der Waals surface area contributed by atoms with Gasteiger partial charge in [0, 0.05) is 19.8 Å². The molecule has 0 aliphatic carbocycles. The van der Waals surface area contributed by atoms with Crippen LogP contribution >= 0.6 is 11.8 Å². The third-order valence-corrected chi connectivity index (χ3v) is 7.16. The Morgan fingerprint density at radius 3 is 2.37 bits per heavy atom. The van der Waals surface area contributed by atoms with Crippen LogP contribution in [-0.2, 0) is 14.8 Å². The molecule has 0 saturated carbocycles. The second kappa shape index (κ2) is 8.99. The molecule has 10 heteroatoms. The molecule has 30 heavy (non-hydrogen) atoms. The molecule has 2 aromatic carbocycles. The summed E-state index contributed by atoms with van der Waals surface area (Å²) in [6, 6.07) is 14.0. The van der Waals surface area contributed by atoms with Gasteiger partial charge in [-0.05, 0) is 49.7 Å². The third kappa shape index (κ3) is 4.72. The minimum absolute atomic E-state index is 0.141. The van der Waals surface area contributed by atoms with E-state index in [-0.39, 0.29) is 16.6 Å². The van der Waals surface area contributed by atoms with E-state index in [9.17, 15) is 13.2 Å². The van der Waals surface area contributed by atoms with Gasteiger partial charge in [-0.25, -0.2) is 12.7 Å². The second-order valence-electron chi connectivity index (χ2n) is 6.80. The predicted octanol–water partition coefficient (Wildman–Crippen LogP) is 2.87. The minimum atomic E-state index is -3.50. The average Bonchev–Trinajstić information content (AvgIpc) is 3.07. The van der Waals surface area contributed by atoms with Crippen molar-refractivity contribution in [3.63, 3.8) is 0 Å². The molecule has 1 amide bonds. The number of benzene rings is 2. The SMILES string of the molecule is Cc1ccccc1-n1c(C)nnc1SCC(=O)Nc1ccc(S(=O)(=O)N(C)C)cc1. The molecule has 0 fully saturated rings. The highest BCUT2D eigenvalue weighted by molar-refractivity contribution is 7.99. The van der Waals surface area contributed by atoms with Crippen molar-refractivity contribution in [3.05, 3.63) is 59.9 Å². The molecule has 0 bridgehead atoms. The summed E-state index contributed by atoms with van der Waals surface area (Å²) >= 11 is 1.28. The number of thioether (sulfide) groups is 1. The normalized spacial score (nSPS) is 11.6. The number of aryl methyl sites for hydroxylation is 2. The Bertz CT molecular complexity index is 1160. The first-order valence-electron chi connectivity index (χ1n) is 9.13. The monoisotopic (exact) mass is 445 g/mol. The van der Waals surface area contributed by atoms with Crippen LogP contribution in [0.1, 0.15) is 11.4 Å². The van der Waals surface area contributed by atoms with Crippen molar-refractivity contribution in [2.45, 2.75) is 23.9 Å². The minimum Gasteiger partial charge on any atom is -0.325 e. The van der Waals surface area contributed by atoms with E-state index in [2.05, 4.69) is 15.5 Å². The molecule has 0 aliphatic heterocycles. The number of sulfonamides is 1. The van der Waals surface area contributed by atoms with Crippen molar-refractivity contribution in [3.8, 4) is 5.69 Å². The molecule has 1 heterocycles. The fourth-order valence-corrected chi connectivity index (χ4v) is 4.47. The lowest BCUT2D eigenvalue weighted by Gasteiger charge is -2.12. The smallest absolute Gasteiger partial charge is 0.242 e. The molecular weight excluding hydrogens is 422 g/mol. The van der Waals surface area contributed by atoms with E-state index in [1.54, 1.807) is 12.1 Å². The first kappa shape index (κ1) is 22.0. The van der Waals surface area contributed by atoms with Gasteiger partial charge < -0.3 is 5.32 Å². The summed E-state index contributed by atoms with van der Waals surface area (Å²) < 4.78 is 27.3. The zero-order valence-corrected chi connectivity index (χ0v) is 18.8. The fraction of sp³-hybridized carbons (Fsp3) is 0.250. The largest absolute Gasteiger partial charge is 0.325 e. The number of nitrogens with zero attached hydrogens (tertiary/aromatic N) is 4. The summed E-state index contributed by atoms with van der Waals surface area (Å²) in [7, 11) is -0.558. The molecular formula is C20H23N5O3S2. The number of carbonyl (C=O) groups excluding carboxylic acids is 1. The first-order chi connectivity index (χ1) is 14.2. The van der Waals surface area contributed by atoms with Crippen molar-refractivity contribution in [2.75, 3.05) is 25.2 Å². The van der Waals surface area contributed by atoms with E-state index in [1.807, 2.05) is 42.7 Å². The highest BCUT2D eigenvalue weighted by Crippen LogP contribution is 2.24. The van der Waals surface area contributed by atoms with Crippen molar-refractivity contribution in [2.24, 2.45) is 0 Å². The molecule has 0 radical (unpaired) electrons. The van der Waals surface area contributed by atoms with Gasteiger partial charge in [0.25, 0.3) is 0 Å². The maximum absolute atomic E-state index is 12.4. The quantitative estimate of drug-likeness (QED) is 0.562. The average molecular weight is 446 g/mol. The number of carbonyl (C=O) groups is 1. The van der Waals surface area contributed by atoms with Crippen molar-refractivity contribution >= 4 is 33.4 Å². The van der Waals surface area contributed by atoms with E-state index in [4.69, 9.17) is 0 Å². The van der Waals surface area contributed by atoms with Gasteiger partial charge in [-0.2, -0.15) is 0 Å². The van der Waals surface area contributed by atoms with Crippen LogP contribution in [-0.4, -0.2) is 53.2 Å². The Morgan fingerprint density at radius 2 is 1.73 bits per heavy atom. The van der Waals surface area contributed by atoms with Crippen LogP contribution in [0.25, 0.3) is 5.69 Å². The molecule has 0 atom stereocenters. The molecule has 158 valence electrons. The summed E-state index contributed by atoms with van der Waals surface area (Å²) in [5.74, 6) is 0.659. The zero-order valence-electron chi connectivity index (χ0n) is 17.2. The van der Waals surface area contributed by atoms with Crippen molar-refractivity contribution in [1.29, 1.82) is 0 Å². The number of rotatable bonds is 7. The Hall–Kier alpha value is -2.69. The van der Waals surface area contributed by atoms with Gasteiger partial charge in [0.05, 0.1) is 16.3 Å². The summed E-state index contributed by atoms with van der Waals surface area (Å²) in [4.78, 5) is 12.5. The van der Waals surface area contributed by atoms with Gasteiger partial charge in [0.15, 0.2) is 5.16 Å². The van der Waals surface area contributed by atoms with Crippen molar-refractivity contribution < 1.29 is 13.2 Å². The second-order valence-corrected chi connectivity index (χ2v) is 9.89. The topological polar surface area (TPSA) is 97.2 Å². The number of aromatic nitrogens is 3. The highest BCUT2D eigenvalue weighted by atomic mass is 32.2. The van der Waals surface area contributed by atoms with Crippen LogP contribution in [0.3, 0.4) is 0 Å². The van der Waals surface area contributed by atoms with Gasteiger partial charge in [-0.3, -0.25) is 9.36 Å². The van der Waals surface area contributed by atoms with Gasteiger partial charge in [0.1, 0.15) is 5.82 Å². The zero-order chi connectivity index (χ0) is 21.9. The fourth-order valence-electron chi connectivity index (χ4n) is 2.78. The Kier molecular flexibility index (Phi) is 6.59. The molecule has 1 aromatic heterocycles. The van der Waals surface area contributed by atoms with Crippen LogP contribution in [0.15, 0.2) is 58.6 Å². The van der Waals surface area contributed by atoms with Crippen LogP contribution in [0.2, 0.25) is 0 Å². The van der Waals surface area contributed by atoms with E-state index in [0.717, 1.165) is 21.4 Å². The maximum Gasteiger partial charge on any atom is 0.242 e. The number of amides is 1. The first-order valence-corrected chi connectivity index (χ1v) is 11.6. The van der Waals surface area contributed by atoms with Crippen molar-refractivity contribution in [1.82, 2.24) is 19.1 Å². The number of hydrogen-bond donors (Lipinski definition) is 1. The molecule has 0 spiro atoms. The standard InChI is InChI=1S/C20H23N5O3S2/c1-14-7-5-6-8-18(14)25-15(2)22-23-20(25)29-13-19(26)21-16-9-11-17(12-10-16)30(27,28)24(3)4/h5-12H,13H2,1-4H3,(H,21,26). The summed E-state index contributed by atoms with van der Waals surface area (Å²) in [5, 5.41) is 11.7. The Labute approximate surface area is 180 Å². The van der Waals surface area contributed by atoms with Gasteiger partial charge in [0.2, 0.25) is 15.9 Å². The molecule has 3 rings (SSSR count). The number of para-hydroxylation sites is 1. The predicted molar refractivity (Wildman–Crippen MR) is 118 cm³/mol. The Morgan fingerprint density at radius 1 is 1.07 bits per heavy atom. The number of hydrogen-bond acceptors (Lipinski definition) is 6. The van der Waals surface area contributed by atoms with E-state index < -0.39 is 10.0 Å². The molecule has 8 nitrogen and oxygen atoms in total. The van der Waals surface area contributed by atoms with Gasteiger partial charge >= 0.3 is 0 Å². The van der Waals surface area contributed by atoms with Crippen LogP contribution in [0.5, 0.6) is 0 Å². The lowest BCUT2D eigenvalue weighted by Crippen LogP contribution is -2.22. The van der Waals surface area contributed by atoms with Crippen LogP contribution in [0.4, 0.5) is 5.69 Å². The van der Waals surface area contributed by atoms with E-state index in [1.165, 1.54) is 38.0 Å². The molecule has 1 N–H and O–H groups in total. The van der Waals surface area contributed by atoms with Crippen LogP contribution < -0.4 is 5.32 Å². The molecule has 3 aromatic rings. The summed E-state index contributed by atoms with van der Waals surface area (Å²) in [6.45, 7) is 3.88.